The predicted molar refractivity (Wildman–Crippen MR) is 125 cm³/mol. The lowest BCUT2D eigenvalue weighted by Crippen LogP contribution is -2.67. The summed E-state index contributed by atoms with van der Waals surface area (Å²) in [7, 11) is 1.43. The van der Waals surface area contributed by atoms with Crippen molar-refractivity contribution in [3.63, 3.8) is 0 Å². The lowest BCUT2D eigenvalue weighted by Gasteiger charge is -2.69. The Kier molecular flexibility index (Phi) is 4.85. The Balaban J connectivity index is 1.55. The molecular weight excluding hydrogens is 400 g/mol. The molecule has 32 heavy (non-hydrogen) atoms. The van der Waals surface area contributed by atoms with Crippen LogP contribution in [0.1, 0.15) is 89.1 Å². The zero-order chi connectivity index (χ0) is 23.1. The van der Waals surface area contributed by atoms with Gasteiger partial charge >= 0.3 is 5.97 Å². The third-order valence-corrected chi connectivity index (χ3v) is 10.7. The lowest BCUT2D eigenvalue weighted by molar-refractivity contribution is -0.238. The fraction of sp³-hybridized carbons (Fsp3) is 0.750. The van der Waals surface area contributed by atoms with Crippen molar-refractivity contribution in [1.29, 1.82) is 0 Å². The number of fused-ring (bicyclic) bond motifs is 6. The van der Waals surface area contributed by atoms with Crippen LogP contribution in [0.4, 0.5) is 0 Å². The molecule has 3 aliphatic carbocycles. The van der Waals surface area contributed by atoms with Crippen molar-refractivity contribution in [1.82, 2.24) is 0 Å². The van der Waals surface area contributed by atoms with Crippen molar-refractivity contribution >= 4 is 5.97 Å². The molecule has 0 radical (unpaired) electrons. The first-order valence-electron chi connectivity index (χ1n) is 12.5. The second kappa shape index (κ2) is 6.98. The van der Waals surface area contributed by atoms with Crippen molar-refractivity contribution in [2.24, 2.45) is 34.0 Å². The summed E-state index contributed by atoms with van der Waals surface area (Å²) >= 11 is 0. The first-order valence-corrected chi connectivity index (χ1v) is 12.5. The summed E-state index contributed by atoms with van der Waals surface area (Å²) in [5.41, 5.74) is 1.84. The average molecular weight is 441 g/mol. The maximum Gasteiger partial charge on any atom is 0.337 e. The van der Waals surface area contributed by atoms with E-state index in [1.807, 2.05) is 18.2 Å². The first-order chi connectivity index (χ1) is 15.0. The Bertz CT molecular complexity index is 937. The standard InChI is InChI=1S/C28H40O4/c1-25(2)12-11-23(29)28(5)20(25)9-13-26(3)21(28)10-14-27(4)22(26)16-18-15-17(24(30)31-6)7-8-19(18)32-27/h7-8,15,20-23,29H,9-14,16H2,1-6H3/t20?,21?,22?,23-,26-,27+,28+/m1/s1. The van der Waals surface area contributed by atoms with E-state index < -0.39 is 0 Å². The Hall–Kier alpha value is -1.55. The maximum atomic E-state index is 12.1. The molecule has 1 aromatic rings. The van der Waals surface area contributed by atoms with E-state index in [1.165, 1.54) is 20.0 Å². The molecule has 3 unspecified atom stereocenters. The summed E-state index contributed by atoms with van der Waals surface area (Å²) < 4.78 is 11.7. The predicted octanol–water partition coefficient (Wildman–Crippen LogP) is 5.80. The Morgan fingerprint density at radius 1 is 1.00 bits per heavy atom. The highest BCUT2D eigenvalue weighted by atomic mass is 16.5. The number of rotatable bonds is 1. The number of ether oxygens (including phenoxy) is 2. The molecule has 176 valence electrons. The average Bonchev–Trinajstić information content (AvgIpc) is 2.74. The molecule has 0 spiro atoms. The van der Waals surface area contributed by atoms with E-state index in [-0.39, 0.29) is 33.9 Å². The minimum absolute atomic E-state index is 0.0514. The van der Waals surface area contributed by atoms with Gasteiger partial charge in [0.1, 0.15) is 11.4 Å². The molecule has 1 aromatic carbocycles. The number of esters is 1. The first kappa shape index (κ1) is 22.3. The summed E-state index contributed by atoms with van der Waals surface area (Å²) in [5, 5.41) is 11.4. The Morgan fingerprint density at radius 3 is 2.44 bits per heavy atom. The van der Waals surface area contributed by atoms with Gasteiger partial charge in [0.2, 0.25) is 0 Å². The number of methoxy groups -OCH3 is 1. The SMILES string of the molecule is COC(=O)c1ccc2c(c1)CC1[C@]3(C)CCC4C(C)(C)CC[C@@H](O)[C@]4(C)C3CC[C@]1(C)O2. The smallest absolute Gasteiger partial charge is 0.337 e. The zero-order valence-corrected chi connectivity index (χ0v) is 20.7. The molecular formula is C28H40O4. The van der Waals surface area contributed by atoms with Crippen molar-refractivity contribution in [2.75, 3.05) is 7.11 Å². The van der Waals surface area contributed by atoms with Crippen LogP contribution in [0.3, 0.4) is 0 Å². The molecule has 5 rings (SSSR count). The van der Waals surface area contributed by atoms with Crippen LogP contribution in [0.25, 0.3) is 0 Å². The normalized spacial score (nSPS) is 44.2. The van der Waals surface area contributed by atoms with E-state index in [2.05, 4.69) is 34.6 Å². The van der Waals surface area contributed by atoms with Gasteiger partial charge in [0, 0.05) is 11.3 Å². The van der Waals surface area contributed by atoms with Gasteiger partial charge in [-0.3, -0.25) is 0 Å². The highest BCUT2D eigenvalue weighted by Gasteiger charge is 2.67. The van der Waals surface area contributed by atoms with Gasteiger partial charge in [-0.2, -0.15) is 0 Å². The third-order valence-electron chi connectivity index (χ3n) is 10.7. The van der Waals surface area contributed by atoms with Crippen LogP contribution in [0.5, 0.6) is 5.75 Å². The highest BCUT2D eigenvalue weighted by molar-refractivity contribution is 5.89. The number of benzene rings is 1. The van der Waals surface area contributed by atoms with E-state index in [4.69, 9.17) is 9.47 Å². The molecule has 1 heterocycles. The summed E-state index contributed by atoms with van der Waals surface area (Å²) in [5.74, 6) is 2.02. The fourth-order valence-electron chi connectivity index (χ4n) is 9.07. The molecule has 0 amide bonds. The minimum Gasteiger partial charge on any atom is -0.487 e. The number of hydrogen-bond donors (Lipinski definition) is 1. The van der Waals surface area contributed by atoms with E-state index >= 15 is 0 Å². The highest BCUT2D eigenvalue weighted by Crippen LogP contribution is 2.70. The quantitative estimate of drug-likeness (QED) is 0.561. The van der Waals surface area contributed by atoms with E-state index in [0.717, 1.165) is 43.4 Å². The second-order valence-electron chi connectivity index (χ2n) is 12.6. The van der Waals surface area contributed by atoms with Gasteiger partial charge in [-0.1, -0.05) is 27.7 Å². The Morgan fingerprint density at radius 2 is 1.72 bits per heavy atom. The molecule has 0 aromatic heterocycles. The summed E-state index contributed by atoms with van der Waals surface area (Å²) in [6.45, 7) is 12.0. The molecule has 1 N–H and O–H groups in total. The van der Waals surface area contributed by atoms with Crippen molar-refractivity contribution < 1.29 is 19.4 Å². The lowest BCUT2D eigenvalue weighted by atomic mass is 9.37. The van der Waals surface area contributed by atoms with Crippen LogP contribution in [-0.2, 0) is 11.2 Å². The number of carbonyl (C=O) groups is 1. The van der Waals surface area contributed by atoms with Gasteiger partial charge in [-0.05, 0) is 98.3 Å². The summed E-state index contributed by atoms with van der Waals surface area (Å²) in [4.78, 5) is 12.1. The molecule has 4 aliphatic rings. The van der Waals surface area contributed by atoms with Gasteiger partial charge in [-0.15, -0.1) is 0 Å². The number of hydrogen-bond acceptors (Lipinski definition) is 4. The van der Waals surface area contributed by atoms with Gasteiger partial charge < -0.3 is 14.6 Å². The van der Waals surface area contributed by atoms with E-state index in [1.54, 1.807) is 0 Å². The Labute approximate surface area is 193 Å². The van der Waals surface area contributed by atoms with Crippen molar-refractivity contribution in [2.45, 2.75) is 91.3 Å². The van der Waals surface area contributed by atoms with Gasteiger partial charge in [0.05, 0.1) is 18.8 Å². The second-order valence-corrected chi connectivity index (χ2v) is 12.6. The minimum atomic E-state index is -0.297. The van der Waals surface area contributed by atoms with Crippen molar-refractivity contribution in [3.8, 4) is 5.75 Å². The molecule has 3 saturated carbocycles. The van der Waals surface area contributed by atoms with Crippen LogP contribution < -0.4 is 4.74 Å². The molecule has 1 aliphatic heterocycles. The zero-order valence-electron chi connectivity index (χ0n) is 20.7. The van der Waals surface area contributed by atoms with Crippen molar-refractivity contribution in [3.05, 3.63) is 29.3 Å². The number of carbonyl (C=O) groups excluding carboxylic acids is 1. The number of aliphatic hydroxyl groups excluding tert-OH is 1. The van der Waals surface area contributed by atoms with Gasteiger partial charge in [0.25, 0.3) is 0 Å². The van der Waals surface area contributed by atoms with Crippen LogP contribution in [-0.4, -0.2) is 29.9 Å². The van der Waals surface area contributed by atoms with E-state index in [0.29, 0.717) is 23.3 Å². The molecule has 0 saturated heterocycles. The van der Waals surface area contributed by atoms with Gasteiger partial charge in [0.15, 0.2) is 0 Å². The summed E-state index contributed by atoms with van der Waals surface area (Å²) in [6, 6.07) is 5.73. The summed E-state index contributed by atoms with van der Waals surface area (Å²) in [6.07, 6.45) is 7.22. The van der Waals surface area contributed by atoms with Crippen LogP contribution in [0.15, 0.2) is 18.2 Å². The maximum absolute atomic E-state index is 12.1. The molecule has 7 atom stereocenters. The van der Waals surface area contributed by atoms with Crippen LogP contribution >= 0.6 is 0 Å². The molecule has 3 fully saturated rings. The monoisotopic (exact) mass is 440 g/mol. The van der Waals surface area contributed by atoms with E-state index in [9.17, 15) is 9.90 Å². The molecule has 4 nitrogen and oxygen atoms in total. The largest absolute Gasteiger partial charge is 0.487 e. The fourth-order valence-corrected chi connectivity index (χ4v) is 9.07. The number of aliphatic hydroxyl groups is 1. The molecule has 0 bridgehead atoms. The van der Waals surface area contributed by atoms with Gasteiger partial charge in [-0.25, -0.2) is 4.79 Å². The van der Waals surface area contributed by atoms with Crippen LogP contribution in [0, 0.1) is 34.0 Å². The topological polar surface area (TPSA) is 55.8 Å². The molecule has 4 heteroatoms. The third kappa shape index (κ3) is 2.87. The van der Waals surface area contributed by atoms with Crippen LogP contribution in [0.2, 0.25) is 0 Å².